The van der Waals surface area contributed by atoms with Crippen molar-refractivity contribution in [2.75, 3.05) is 5.75 Å². The van der Waals surface area contributed by atoms with Gasteiger partial charge in [-0.25, -0.2) is 16.4 Å². The summed E-state index contributed by atoms with van der Waals surface area (Å²) in [4.78, 5) is 30.2. The minimum absolute atomic E-state index is 0.0576. The van der Waals surface area contributed by atoms with Crippen molar-refractivity contribution in [3.05, 3.63) is 55.8 Å². The van der Waals surface area contributed by atoms with Gasteiger partial charge >= 0.3 is 0 Å². The maximum absolute atomic E-state index is 11.9. The Bertz CT molecular complexity index is 1030. The molecule has 12 heteroatoms. The largest absolute Gasteiger partial charge is 0.380 e. The zero-order valence-corrected chi connectivity index (χ0v) is 19.2. The van der Waals surface area contributed by atoms with Crippen molar-refractivity contribution < 1.29 is 9.59 Å². The molecule has 1 fully saturated rings. The van der Waals surface area contributed by atoms with Crippen LogP contribution in [0.2, 0.25) is 0 Å². The molecule has 0 aliphatic carbocycles. The van der Waals surface area contributed by atoms with Crippen molar-refractivity contribution in [2.24, 2.45) is 22.4 Å². The average Bonchev–Trinajstić information content (AvgIpc) is 3.37. The van der Waals surface area contributed by atoms with E-state index in [1.807, 2.05) is 42.1 Å². The van der Waals surface area contributed by atoms with Crippen LogP contribution in [0.4, 0.5) is 0 Å². The molecule has 2 aliphatic heterocycles. The lowest BCUT2D eigenvalue weighted by molar-refractivity contribution is -0.138. The fourth-order valence-corrected chi connectivity index (χ4v) is 5.61. The monoisotopic (exact) mass is 477 g/mol. The molecule has 1 saturated heterocycles. The number of thiazole rings is 1. The van der Waals surface area contributed by atoms with Crippen LogP contribution < -0.4 is 22.8 Å². The number of aromatic nitrogens is 1. The molecular formula is C19H23N7O2S3. The average molecular weight is 478 g/mol. The lowest BCUT2D eigenvalue weighted by atomic mass is 10.1. The highest BCUT2D eigenvalue weighted by molar-refractivity contribution is 8.00. The van der Waals surface area contributed by atoms with Crippen molar-refractivity contribution in [3.63, 3.8) is 0 Å². The molecule has 1 atom stereocenters. The summed E-state index contributed by atoms with van der Waals surface area (Å²) in [5.41, 5.74) is 17.5. The van der Waals surface area contributed by atoms with Crippen LogP contribution >= 0.6 is 34.4 Å². The van der Waals surface area contributed by atoms with Gasteiger partial charge in [0.15, 0.2) is 5.84 Å². The first-order chi connectivity index (χ1) is 14.9. The highest BCUT2D eigenvalue weighted by Gasteiger charge is 2.43. The van der Waals surface area contributed by atoms with E-state index in [1.54, 1.807) is 39.3 Å². The lowest BCUT2D eigenvalue weighted by Gasteiger charge is -2.44. The molecule has 2 aromatic rings. The molecule has 0 bridgehead atoms. The number of primary amides is 1. The molecule has 4 rings (SSSR count). The van der Waals surface area contributed by atoms with Gasteiger partial charge in [-0.1, -0.05) is 12.1 Å². The number of rotatable bonds is 6. The zero-order chi connectivity index (χ0) is 22.4. The molecule has 0 saturated carbocycles. The molecule has 2 amide bonds. The summed E-state index contributed by atoms with van der Waals surface area (Å²) in [6.45, 7) is 1.96. The van der Waals surface area contributed by atoms with Crippen molar-refractivity contribution in [3.8, 4) is 0 Å². The van der Waals surface area contributed by atoms with E-state index in [2.05, 4.69) is 15.6 Å². The third-order valence-electron chi connectivity index (χ3n) is 4.46. The summed E-state index contributed by atoms with van der Waals surface area (Å²) >= 11 is 4.85. The summed E-state index contributed by atoms with van der Waals surface area (Å²) < 4.78 is 0. The van der Waals surface area contributed by atoms with E-state index in [0.717, 1.165) is 26.8 Å². The first kappa shape index (κ1) is 23.0. The number of allylic oxidation sites excluding steroid dienone is 1. The van der Waals surface area contributed by atoms with Crippen LogP contribution in [-0.2, 0) is 16.0 Å². The first-order valence-electron chi connectivity index (χ1n) is 9.25. The Hall–Kier alpha value is -2.67. The van der Waals surface area contributed by atoms with Gasteiger partial charge in [0.1, 0.15) is 0 Å². The highest BCUT2D eigenvalue weighted by atomic mass is 32.2. The molecular weight excluding hydrogens is 454 g/mol. The van der Waals surface area contributed by atoms with Gasteiger partial charge in [0.05, 0.1) is 35.1 Å². The van der Waals surface area contributed by atoms with Crippen LogP contribution in [0.3, 0.4) is 0 Å². The Balaban J connectivity index is 0.000000254. The Morgan fingerprint density at radius 2 is 2.19 bits per heavy atom. The van der Waals surface area contributed by atoms with Gasteiger partial charge in [-0.05, 0) is 30.0 Å². The third kappa shape index (κ3) is 5.73. The predicted molar refractivity (Wildman–Crippen MR) is 127 cm³/mol. The van der Waals surface area contributed by atoms with E-state index in [0.29, 0.717) is 18.5 Å². The van der Waals surface area contributed by atoms with E-state index >= 15 is 0 Å². The van der Waals surface area contributed by atoms with Gasteiger partial charge in [-0.3, -0.25) is 14.5 Å². The predicted octanol–water partition coefficient (Wildman–Crippen LogP) is 1.54. The third-order valence-corrected chi connectivity index (χ3v) is 7.47. The second kappa shape index (κ2) is 10.6. The molecule has 0 aromatic carbocycles. The molecule has 7 N–H and O–H groups in total. The lowest BCUT2D eigenvalue weighted by Crippen LogP contribution is -2.55. The summed E-state index contributed by atoms with van der Waals surface area (Å²) in [6, 6.07) is 3.80. The second-order valence-corrected chi connectivity index (χ2v) is 9.68. The number of hydrazone groups is 1. The van der Waals surface area contributed by atoms with Gasteiger partial charge in [0, 0.05) is 15.5 Å². The molecule has 4 heterocycles. The quantitative estimate of drug-likeness (QED) is 0.162. The molecule has 2 aromatic heterocycles. The summed E-state index contributed by atoms with van der Waals surface area (Å²) in [6.07, 6.45) is 4.89. The van der Waals surface area contributed by atoms with Crippen molar-refractivity contribution in [1.29, 1.82) is 0 Å². The van der Waals surface area contributed by atoms with Crippen LogP contribution in [0.25, 0.3) is 6.08 Å². The number of nitrogens with two attached hydrogens (primary N) is 3. The fourth-order valence-electron chi connectivity index (χ4n) is 2.97. The number of hydrogen-bond acceptors (Lipinski definition) is 9. The summed E-state index contributed by atoms with van der Waals surface area (Å²) in [5.74, 6) is 6.00. The number of hydrazine groups is 1. The number of thiophene rings is 1. The van der Waals surface area contributed by atoms with E-state index in [1.165, 1.54) is 0 Å². The maximum Gasteiger partial charge on any atom is 0.231 e. The van der Waals surface area contributed by atoms with Crippen LogP contribution in [0.5, 0.6) is 0 Å². The first-order valence-corrected chi connectivity index (χ1v) is 12.1. The van der Waals surface area contributed by atoms with E-state index in [4.69, 9.17) is 17.3 Å². The van der Waals surface area contributed by atoms with Gasteiger partial charge < -0.3 is 11.5 Å². The number of fused-ring (bicyclic) bond motifs is 1. The van der Waals surface area contributed by atoms with Gasteiger partial charge in [0.2, 0.25) is 11.8 Å². The van der Waals surface area contributed by atoms with Crippen LogP contribution in [0.15, 0.2) is 45.5 Å². The van der Waals surface area contributed by atoms with Crippen LogP contribution in [0.1, 0.15) is 21.9 Å². The zero-order valence-electron chi connectivity index (χ0n) is 16.8. The SMILES string of the molecule is Cc1ncsc1/C=C\C1=C(C(/N)=N/NN)N2C(=O)C[C@H]2SC1.NC(=O)Cc1cccs1. The second-order valence-electron chi connectivity index (χ2n) is 6.59. The van der Waals surface area contributed by atoms with E-state index in [9.17, 15) is 9.59 Å². The highest BCUT2D eigenvalue weighted by Crippen LogP contribution is 2.40. The molecule has 0 spiro atoms. The van der Waals surface area contributed by atoms with Gasteiger partial charge in [-0.2, -0.15) is 0 Å². The van der Waals surface area contributed by atoms with Crippen LogP contribution in [0, 0.1) is 6.92 Å². The standard InChI is InChI=1S/C13H16N6OS2.C6H7NOS/c1-7-9(22-6-16-7)3-2-8-5-21-11-4-10(20)19(11)12(8)13(14)17-18-15;7-6(8)4-5-2-1-3-9-5/h2-3,6,11,18H,4-5,15H2,1H3,(H2,14,17);1-3H,4H2,(H2,7,8)/b3-2-;/t11-;/m1./s1. The van der Waals surface area contributed by atoms with Crippen molar-refractivity contribution in [2.45, 2.75) is 25.1 Å². The number of amidine groups is 1. The maximum atomic E-state index is 11.9. The molecule has 2 aliphatic rings. The number of aryl methyl sites for hydroxylation is 1. The van der Waals surface area contributed by atoms with E-state index in [-0.39, 0.29) is 23.0 Å². The fraction of sp³-hybridized carbons (Fsp3) is 0.263. The number of carbonyl (C=O) groups excluding carboxylic acids is 2. The number of nitrogens with zero attached hydrogens (tertiary/aromatic N) is 3. The van der Waals surface area contributed by atoms with Gasteiger partial charge in [-0.15, -0.1) is 39.5 Å². The summed E-state index contributed by atoms with van der Waals surface area (Å²) in [7, 11) is 0. The topological polar surface area (TPSA) is 153 Å². The Morgan fingerprint density at radius 1 is 1.39 bits per heavy atom. The number of nitrogens with one attached hydrogen (secondary N) is 1. The minimum Gasteiger partial charge on any atom is -0.380 e. The normalized spacial score (nSPS) is 18.4. The summed E-state index contributed by atoms with van der Waals surface area (Å²) in [5, 5.41) is 5.91. The molecule has 0 unspecified atom stereocenters. The van der Waals surface area contributed by atoms with Gasteiger partial charge in [0.25, 0.3) is 0 Å². The smallest absolute Gasteiger partial charge is 0.231 e. The van der Waals surface area contributed by atoms with Crippen molar-refractivity contribution >= 4 is 58.2 Å². The minimum atomic E-state index is -0.266. The number of amides is 2. The van der Waals surface area contributed by atoms with Crippen molar-refractivity contribution in [1.82, 2.24) is 15.4 Å². The number of hydrogen-bond donors (Lipinski definition) is 4. The molecule has 164 valence electrons. The molecule has 0 radical (unpaired) electrons. The Kier molecular flexibility index (Phi) is 7.85. The Labute approximate surface area is 192 Å². The number of thioether (sulfide) groups is 1. The molecule has 31 heavy (non-hydrogen) atoms. The Morgan fingerprint density at radius 3 is 2.77 bits per heavy atom. The molecule has 9 nitrogen and oxygen atoms in total. The van der Waals surface area contributed by atoms with Crippen LogP contribution in [-0.4, -0.2) is 38.7 Å². The van der Waals surface area contributed by atoms with E-state index < -0.39 is 0 Å². The number of carbonyl (C=O) groups is 2. The number of β-lactam (4-membered cyclic amide) rings is 1.